The zero-order chi connectivity index (χ0) is 19.8. The lowest BCUT2D eigenvalue weighted by atomic mass is 9.78. The van der Waals surface area contributed by atoms with E-state index in [1.54, 1.807) is 31.3 Å². The minimum Gasteiger partial charge on any atom is -0.494 e. The van der Waals surface area contributed by atoms with Crippen LogP contribution in [-0.2, 0) is 18.9 Å². The number of likely N-dealkylation sites (N-methyl/N-ethyl adjacent to an activating group) is 2. The summed E-state index contributed by atoms with van der Waals surface area (Å²) in [6.07, 6.45) is 0. The Bertz CT molecular complexity index is 643. The van der Waals surface area contributed by atoms with Crippen molar-refractivity contribution in [2.75, 3.05) is 46.3 Å². The SMILES string of the molecule is CCN(CC)CCNC(=O)c1ccc(B2OC(=O)CN(C)CC(=O)O2)cc1. The number of rotatable bonds is 7. The summed E-state index contributed by atoms with van der Waals surface area (Å²) in [7, 11) is 0.537. The van der Waals surface area contributed by atoms with Crippen LogP contribution in [0, 0.1) is 0 Å². The molecule has 0 atom stereocenters. The van der Waals surface area contributed by atoms with Gasteiger partial charge in [-0.05, 0) is 32.3 Å². The van der Waals surface area contributed by atoms with Gasteiger partial charge in [0.05, 0.1) is 13.1 Å². The third-order valence-electron chi connectivity index (χ3n) is 4.33. The van der Waals surface area contributed by atoms with Crippen LogP contribution < -0.4 is 10.8 Å². The molecule has 0 spiro atoms. The highest BCUT2D eigenvalue weighted by Gasteiger charge is 2.33. The van der Waals surface area contributed by atoms with E-state index >= 15 is 0 Å². The van der Waals surface area contributed by atoms with Crippen molar-refractivity contribution in [3.8, 4) is 0 Å². The van der Waals surface area contributed by atoms with Crippen LogP contribution in [0.25, 0.3) is 0 Å². The van der Waals surface area contributed by atoms with Crippen LogP contribution in [0.5, 0.6) is 0 Å². The summed E-state index contributed by atoms with van der Waals surface area (Å²) >= 11 is 0. The minimum atomic E-state index is -1.10. The van der Waals surface area contributed by atoms with Gasteiger partial charge in [0.2, 0.25) is 0 Å². The molecule has 0 unspecified atom stereocenters. The maximum Gasteiger partial charge on any atom is 0.636 e. The number of nitrogens with one attached hydrogen (secondary N) is 1. The fourth-order valence-corrected chi connectivity index (χ4v) is 2.73. The van der Waals surface area contributed by atoms with E-state index in [4.69, 9.17) is 9.31 Å². The van der Waals surface area contributed by atoms with Gasteiger partial charge in [-0.3, -0.25) is 19.3 Å². The van der Waals surface area contributed by atoms with Crippen molar-refractivity contribution in [2.24, 2.45) is 0 Å². The highest BCUT2D eigenvalue weighted by molar-refractivity contribution is 6.64. The normalized spacial score (nSPS) is 15.8. The van der Waals surface area contributed by atoms with Gasteiger partial charge in [-0.1, -0.05) is 26.0 Å². The largest absolute Gasteiger partial charge is 0.636 e. The first kappa shape index (κ1) is 20.9. The lowest BCUT2D eigenvalue weighted by Gasteiger charge is -2.22. The first-order chi connectivity index (χ1) is 12.9. The molecule has 1 aromatic carbocycles. The van der Waals surface area contributed by atoms with Crippen molar-refractivity contribution >= 4 is 30.4 Å². The van der Waals surface area contributed by atoms with Crippen LogP contribution in [-0.4, -0.2) is 81.1 Å². The Balaban J connectivity index is 1.96. The zero-order valence-electron chi connectivity index (χ0n) is 16.1. The highest BCUT2D eigenvalue weighted by atomic mass is 16.6. The Morgan fingerprint density at radius 1 is 1.11 bits per heavy atom. The molecule has 0 bridgehead atoms. The molecule has 1 heterocycles. The number of carbonyl (C=O) groups is 3. The van der Waals surface area contributed by atoms with Gasteiger partial charge in [0.15, 0.2) is 0 Å². The van der Waals surface area contributed by atoms with E-state index < -0.39 is 19.1 Å². The predicted octanol–water partition coefficient (Wildman–Crippen LogP) is -0.515. The van der Waals surface area contributed by atoms with Gasteiger partial charge in [0, 0.05) is 24.1 Å². The molecule has 2 rings (SSSR count). The maximum absolute atomic E-state index is 12.2. The van der Waals surface area contributed by atoms with E-state index in [9.17, 15) is 14.4 Å². The van der Waals surface area contributed by atoms with Crippen LogP contribution in [0.2, 0.25) is 0 Å². The zero-order valence-corrected chi connectivity index (χ0v) is 16.1. The van der Waals surface area contributed by atoms with Gasteiger partial charge in [0.25, 0.3) is 5.91 Å². The van der Waals surface area contributed by atoms with E-state index in [0.29, 0.717) is 17.6 Å². The fourth-order valence-electron chi connectivity index (χ4n) is 2.73. The van der Waals surface area contributed by atoms with Crippen LogP contribution in [0.3, 0.4) is 0 Å². The summed E-state index contributed by atoms with van der Waals surface area (Å²) < 4.78 is 10.4. The third kappa shape index (κ3) is 6.37. The van der Waals surface area contributed by atoms with Gasteiger partial charge in [-0.15, -0.1) is 0 Å². The Hall–Kier alpha value is -2.39. The molecule has 146 valence electrons. The van der Waals surface area contributed by atoms with Gasteiger partial charge in [-0.2, -0.15) is 0 Å². The topological polar surface area (TPSA) is 88.2 Å². The minimum absolute atomic E-state index is 0.0125. The number of nitrogens with zero attached hydrogens (tertiary/aromatic N) is 2. The second-order valence-corrected chi connectivity index (χ2v) is 6.39. The van der Waals surface area contributed by atoms with Crippen LogP contribution in [0.1, 0.15) is 24.2 Å². The average Bonchev–Trinajstić information content (AvgIpc) is 2.63. The molecule has 27 heavy (non-hydrogen) atoms. The van der Waals surface area contributed by atoms with Crippen LogP contribution in [0.15, 0.2) is 24.3 Å². The van der Waals surface area contributed by atoms with Crippen molar-refractivity contribution in [1.82, 2.24) is 15.1 Å². The Morgan fingerprint density at radius 2 is 1.67 bits per heavy atom. The molecule has 1 saturated heterocycles. The molecule has 1 N–H and O–H groups in total. The third-order valence-corrected chi connectivity index (χ3v) is 4.33. The van der Waals surface area contributed by atoms with Crippen molar-refractivity contribution in [2.45, 2.75) is 13.8 Å². The quantitative estimate of drug-likeness (QED) is 0.642. The van der Waals surface area contributed by atoms with Gasteiger partial charge in [0.1, 0.15) is 0 Å². The molecule has 0 radical (unpaired) electrons. The van der Waals surface area contributed by atoms with Crippen molar-refractivity contribution in [1.29, 1.82) is 0 Å². The van der Waals surface area contributed by atoms with Crippen molar-refractivity contribution in [3.63, 3.8) is 0 Å². The molecule has 1 aliphatic rings. The molecule has 1 aliphatic heterocycles. The summed E-state index contributed by atoms with van der Waals surface area (Å²) in [5, 5.41) is 2.88. The van der Waals surface area contributed by atoms with E-state index in [-0.39, 0.29) is 19.0 Å². The number of hydrogen-bond acceptors (Lipinski definition) is 7. The number of hydrogen-bond donors (Lipinski definition) is 1. The molecular weight excluding hydrogens is 349 g/mol. The highest BCUT2D eigenvalue weighted by Crippen LogP contribution is 2.03. The molecule has 0 aromatic heterocycles. The summed E-state index contributed by atoms with van der Waals surface area (Å²) in [5.41, 5.74) is 0.988. The Labute approximate surface area is 159 Å². The second-order valence-electron chi connectivity index (χ2n) is 6.39. The molecule has 8 nitrogen and oxygen atoms in total. The Kier molecular flexibility index (Phi) is 7.81. The lowest BCUT2D eigenvalue weighted by molar-refractivity contribution is -0.145. The number of carbonyl (C=O) groups excluding carboxylic acids is 3. The number of benzene rings is 1. The van der Waals surface area contributed by atoms with Gasteiger partial charge in [-0.25, -0.2) is 0 Å². The van der Waals surface area contributed by atoms with E-state index in [0.717, 1.165) is 19.6 Å². The van der Waals surface area contributed by atoms with E-state index in [1.807, 2.05) is 0 Å². The van der Waals surface area contributed by atoms with Gasteiger partial charge >= 0.3 is 19.1 Å². The first-order valence-corrected chi connectivity index (χ1v) is 9.11. The fraction of sp³-hybridized carbons (Fsp3) is 0.500. The molecule has 1 fully saturated rings. The molecule has 0 aliphatic carbocycles. The van der Waals surface area contributed by atoms with Gasteiger partial charge < -0.3 is 19.5 Å². The summed E-state index contributed by atoms with van der Waals surface area (Å²) in [6.45, 7) is 7.42. The van der Waals surface area contributed by atoms with E-state index in [1.165, 1.54) is 4.90 Å². The second kappa shape index (κ2) is 10.1. The molecule has 9 heteroatoms. The summed E-state index contributed by atoms with van der Waals surface area (Å²) in [6, 6.07) is 6.48. The molecule has 1 amide bonds. The monoisotopic (exact) mass is 375 g/mol. The molecule has 0 saturated carbocycles. The van der Waals surface area contributed by atoms with Crippen molar-refractivity contribution < 1.29 is 23.7 Å². The molecule has 1 aromatic rings. The Morgan fingerprint density at radius 3 is 2.19 bits per heavy atom. The average molecular weight is 375 g/mol. The maximum atomic E-state index is 12.2. The molecular formula is C18H26BN3O5. The standard InChI is InChI=1S/C18H26BN3O5/c1-4-22(5-2)11-10-20-18(25)14-6-8-15(9-7-14)19-26-16(23)12-21(3)13-17(24)27-19/h6-9H,4-5,10-13H2,1-3H3,(H,20,25). The predicted molar refractivity (Wildman–Crippen MR) is 102 cm³/mol. The first-order valence-electron chi connectivity index (χ1n) is 9.11. The summed E-state index contributed by atoms with van der Waals surface area (Å²) in [5.74, 6) is -1.14. The summed E-state index contributed by atoms with van der Waals surface area (Å²) in [4.78, 5) is 39.6. The smallest absolute Gasteiger partial charge is 0.494 e. The van der Waals surface area contributed by atoms with Crippen molar-refractivity contribution in [3.05, 3.63) is 29.8 Å². The lowest BCUT2D eigenvalue weighted by Crippen LogP contribution is -2.47. The van der Waals surface area contributed by atoms with Crippen LogP contribution in [0.4, 0.5) is 0 Å². The van der Waals surface area contributed by atoms with E-state index in [2.05, 4.69) is 24.1 Å². The van der Waals surface area contributed by atoms with Crippen LogP contribution >= 0.6 is 0 Å². The number of amides is 1.